The van der Waals surface area contributed by atoms with Crippen LogP contribution in [0.25, 0.3) is 0 Å². The average molecular weight is 310 g/mol. The van der Waals surface area contributed by atoms with Gasteiger partial charge in [-0.15, -0.1) is 11.3 Å². The summed E-state index contributed by atoms with van der Waals surface area (Å²) in [5.74, 6) is 0.356. The summed E-state index contributed by atoms with van der Waals surface area (Å²) in [6, 6.07) is 1.70. The molecule has 0 spiro atoms. The fourth-order valence-corrected chi connectivity index (χ4v) is 3.31. The zero-order chi connectivity index (χ0) is 11.0. The number of rotatable bonds is 2. The maximum Gasteiger partial charge on any atom is 0.201 e. The van der Waals surface area contributed by atoms with Crippen LogP contribution in [-0.2, 0) is 4.74 Å². The predicted molar refractivity (Wildman–Crippen MR) is 64.9 cm³/mol. The minimum Gasteiger partial charge on any atom is -0.370 e. The van der Waals surface area contributed by atoms with Crippen LogP contribution >= 0.6 is 38.9 Å². The van der Waals surface area contributed by atoms with Crippen molar-refractivity contribution in [3.63, 3.8) is 0 Å². The molecule has 1 aliphatic heterocycles. The van der Waals surface area contributed by atoms with E-state index in [1.807, 2.05) is 6.92 Å². The summed E-state index contributed by atoms with van der Waals surface area (Å²) in [5.41, 5.74) is 0. The van der Waals surface area contributed by atoms with Gasteiger partial charge < -0.3 is 4.74 Å². The first kappa shape index (κ1) is 11.6. The minimum atomic E-state index is -0.286. The van der Waals surface area contributed by atoms with Crippen molar-refractivity contribution in [1.82, 2.24) is 0 Å². The Balaban J connectivity index is 2.20. The summed E-state index contributed by atoms with van der Waals surface area (Å²) >= 11 is 10.6. The number of ether oxygens (including phenoxy) is 1. The Kier molecular flexibility index (Phi) is 3.50. The van der Waals surface area contributed by atoms with Crippen molar-refractivity contribution in [2.24, 2.45) is 5.92 Å². The lowest BCUT2D eigenvalue weighted by atomic mass is 10.00. The first-order chi connectivity index (χ1) is 7.09. The molecule has 0 saturated carbocycles. The molecule has 2 atom stereocenters. The summed E-state index contributed by atoms with van der Waals surface area (Å²) in [5, 5.41) is 0.592. The molecule has 15 heavy (non-hydrogen) atoms. The summed E-state index contributed by atoms with van der Waals surface area (Å²) in [7, 11) is 0. The van der Waals surface area contributed by atoms with Crippen LogP contribution in [0.5, 0.6) is 0 Å². The molecule has 0 bridgehead atoms. The molecule has 1 fully saturated rings. The fraction of sp³-hybridized carbons (Fsp3) is 0.500. The monoisotopic (exact) mass is 308 g/mol. The number of thiophene rings is 1. The highest BCUT2D eigenvalue weighted by Crippen LogP contribution is 2.34. The van der Waals surface area contributed by atoms with Crippen molar-refractivity contribution in [2.45, 2.75) is 19.4 Å². The van der Waals surface area contributed by atoms with Gasteiger partial charge >= 0.3 is 0 Å². The van der Waals surface area contributed by atoms with E-state index in [1.54, 1.807) is 6.07 Å². The van der Waals surface area contributed by atoms with Crippen molar-refractivity contribution in [3.05, 3.63) is 19.8 Å². The van der Waals surface area contributed by atoms with E-state index in [0.29, 0.717) is 22.4 Å². The van der Waals surface area contributed by atoms with Gasteiger partial charge in [0.2, 0.25) is 5.78 Å². The first-order valence-corrected chi connectivity index (χ1v) is 6.69. The van der Waals surface area contributed by atoms with Gasteiger partial charge in [-0.25, -0.2) is 0 Å². The Morgan fingerprint density at radius 2 is 2.47 bits per heavy atom. The largest absolute Gasteiger partial charge is 0.370 e. The van der Waals surface area contributed by atoms with Gasteiger partial charge in [-0.05, 0) is 34.3 Å². The van der Waals surface area contributed by atoms with E-state index in [2.05, 4.69) is 15.9 Å². The molecule has 2 rings (SSSR count). The molecule has 82 valence electrons. The van der Waals surface area contributed by atoms with E-state index < -0.39 is 0 Å². The average Bonchev–Trinajstić information content (AvgIpc) is 2.74. The maximum atomic E-state index is 12.0. The molecule has 2 unspecified atom stereocenters. The highest BCUT2D eigenvalue weighted by Gasteiger charge is 2.32. The normalized spacial score (nSPS) is 25.8. The lowest BCUT2D eigenvalue weighted by Gasteiger charge is -2.11. The van der Waals surface area contributed by atoms with Crippen LogP contribution in [-0.4, -0.2) is 18.5 Å². The molecule has 2 nitrogen and oxygen atoms in total. The van der Waals surface area contributed by atoms with Crippen LogP contribution in [0.15, 0.2) is 9.85 Å². The third-order valence-corrected chi connectivity index (χ3v) is 5.02. The number of halogens is 2. The van der Waals surface area contributed by atoms with Gasteiger partial charge in [0.25, 0.3) is 0 Å². The number of hydrogen-bond donors (Lipinski definition) is 0. The Hall–Kier alpha value is 0.1000. The zero-order valence-corrected chi connectivity index (χ0v) is 11.3. The summed E-state index contributed by atoms with van der Waals surface area (Å²) in [6.07, 6.45) is 0.670. The Morgan fingerprint density at radius 3 is 2.93 bits per heavy atom. The Bertz CT molecular complexity index is 371. The molecule has 0 aliphatic carbocycles. The van der Waals surface area contributed by atoms with E-state index in [1.165, 1.54) is 11.3 Å². The molecular weight excluding hydrogens is 300 g/mol. The van der Waals surface area contributed by atoms with E-state index in [4.69, 9.17) is 16.3 Å². The Morgan fingerprint density at radius 1 is 1.73 bits per heavy atom. The SMILES string of the molecule is CC1CCOC1C(=O)c1cc(Cl)c(Br)s1. The zero-order valence-electron chi connectivity index (χ0n) is 8.13. The van der Waals surface area contributed by atoms with Crippen molar-refractivity contribution < 1.29 is 9.53 Å². The van der Waals surface area contributed by atoms with Crippen LogP contribution in [0.1, 0.15) is 23.0 Å². The van der Waals surface area contributed by atoms with Crippen LogP contribution in [0.2, 0.25) is 5.02 Å². The standard InChI is InChI=1S/C10H10BrClO2S/c1-5-2-3-14-9(5)8(13)7-4-6(12)10(11)15-7/h4-5,9H,2-3H2,1H3. The number of carbonyl (C=O) groups excluding carboxylic acids is 1. The lowest BCUT2D eigenvalue weighted by Crippen LogP contribution is -2.24. The van der Waals surface area contributed by atoms with E-state index in [0.717, 1.165) is 10.2 Å². The van der Waals surface area contributed by atoms with Crippen molar-refractivity contribution in [1.29, 1.82) is 0 Å². The number of Topliss-reactive ketones (excluding diaryl/α,β-unsaturated/α-hetero) is 1. The van der Waals surface area contributed by atoms with Crippen LogP contribution in [0.4, 0.5) is 0 Å². The third-order valence-electron chi connectivity index (χ3n) is 2.53. The van der Waals surface area contributed by atoms with Gasteiger partial charge in [0.05, 0.1) is 13.7 Å². The molecule has 0 radical (unpaired) electrons. The second kappa shape index (κ2) is 4.53. The highest BCUT2D eigenvalue weighted by atomic mass is 79.9. The van der Waals surface area contributed by atoms with Gasteiger partial charge in [-0.3, -0.25) is 4.79 Å². The number of ketones is 1. The number of hydrogen-bond acceptors (Lipinski definition) is 3. The first-order valence-electron chi connectivity index (χ1n) is 4.70. The number of carbonyl (C=O) groups is 1. The lowest BCUT2D eigenvalue weighted by molar-refractivity contribution is 0.0583. The molecule has 2 heterocycles. The van der Waals surface area contributed by atoms with E-state index in [-0.39, 0.29) is 11.9 Å². The molecule has 0 aromatic carbocycles. The fourth-order valence-electron chi connectivity index (χ4n) is 1.64. The van der Waals surface area contributed by atoms with Gasteiger partial charge in [-0.1, -0.05) is 18.5 Å². The maximum absolute atomic E-state index is 12.0. The predicted octanol–water partition coefficient (Wildman–Crippen LogP) is 3.77. The van der Waals surface area contributed by atoms with Crippen LogP contribution in [0.3, 0.4) is 0 Å². The molecule has 1 saturated heterocycles. The molecule has 0 N–H and O–H groups in total. The molecule has 0 amide bonds. The van der Waals surface area contributed by atoms with Crippen molar-refractivity contribution in [2.75, 3.05) is 6.61 Å². The molecule has 1 aromatic rings. The third kappa shape index (κ3) is 2.28. The van der Waals surface area contributed by atoms with Crippen molar-refractivity contribution in [3.8, 4) is 0 Å². The molecule has 5 heteroatoms. The summed E-state index contributed by atoms with van der Waals surface area (Å²) in [6.45, 7) is 2.72. The Labute approximate surface area is 106 Å². The minimum absolute atomic E-state index is 0.0533. The second-order valence-electron chi connectivity index (χ2n) is 3.65. The highest BCUT2D eigenvalue weighted by molar-refractivity contribution is 9.11. The topological polar surface area (TPSA) is 26.3 Å². The van der Waals surface area contributed by atoms with Gasteiger partial charge in [0.1, 0.15) is 6.10 Å². The van der Waals surface area contributed by atoms with E-state index in [9.17, 15) is 4.79 Å². The molecule has 1 aromatic heterocycles. The van der Waals surface area contributed by atoms with E-state index >= 15 is 0 Å². The summed E-state index contributed by atoms with van der Waals surface area (Å²) in [4.78, 5) is 12.7. The van der Waals surface area contributed by atoms with Crippen LogP contribution < -0.4 is 0 Å². The quantitative estimate of drug-likeness (QED) is 0.777. The molecule has 1 aliphatic rings. The van der Waals surface area contributed by atoms with Gasteiger partial charge in [0.15, 0.2) is 0 Å². The second-order valence-corrected chi connectivity index (χ2v) is 6.43. The van der Waals surface area contributed by atoms with Crippen molar-refractivity contribution >= 4 is 44.7 Å². The summed E-state index contributed by atoms with van der Waals surface area (Å²) < 4.78 is 6.23. The molecular formula is C10H10BrClO2S. The smallest absolute Gasteiger partial charge is 0.201 e. The van der Waals surface area contributed by atoms with Gasteiger partial charge in [0, 0.05) is 6.61 Å². The van der Waals surface area contributed by atoms with Crippen LogP contribution in [0, 0.1) is 5.92 Å². The van der Waals surface area contributed by atoms with Gasteiger partial charge in [-0.2, -0.15) is 0 Å².